The lowest BCUT2D eigenvalue weighted by Gasteiger charge is -2.13. The Hall–Kier alpha value is -4.87. The number of aryl methyl sites for hydroxylation is 1. The number of nitrogens with zero attached hydrogens (tertiary/aromatic N) is 2. The van der Waals surface area contributed by atoms with E-state index in [1.165, 1.54) is 24.3 Å². The summed E-state index contributed by atoms with van der Waals surface area (Å²) >= 11 is 0. The highest BCUT2D eigenvalue weighted by molar-refractivity contribution is 5.73. The zero-order valence-corrected chi connectivity index (χ0v) is 24.0. The van der Waals surface area contributed by atoms with E-state index in [4.69, 9.17) is 0 Å². The summed E-state index contributed by atoms with van der Waals surface area (Å²) in [4.78, 5) is 8.62. The highest BCUT2D eigenvalue weighted by Gasteiger charge is 2.28. The Morgan fingerprint density at radius 3 is 1.63 bits per heavy atom. The van der Waals surface area contributed by atoms with Gasteiger partial charge in [0.1, 0.15) is 29.9 Å². The lowest BCUT2D eigenvalue weighted by Crippen LogP contribution is -2.09. The fraction of sp³-hybridized carbons (Fsp3) is 0.176. The van der Waals surface area contributed by atoms with Crippen LogP contribution in [0.4, 0.5) is 39.5 Å². The molecule has 0 radical (unpaired) electrons. The summed E-state index contributed by atoms with van der Waals surface area (Å²) in [5.74, 6) is -17.4. The van der Waals surface area contributed by atoms with Crippen molar-refractivity contribution in [3.63, 3.8) is 0 Å². The molecule has 3 nitrogen and oxygen atoms in total. The molecule has 0 bridgehead atoms. The lowest BCUT2D eigenvalue weighted by atomic mass is 9.97. The Bertz CT molecular complexity index is 1860. The van der Waals surface area contributed by atoms with Crippen LogP contribution in [0.15, 0.2) is 60.9 Å². The second kappa shape index (κ2) is 13.6. The van der Waals surface area contributed by atoms with Gasteiger partial charge in [0.05, 0.1) is 5.56 Å². The molecular formula is C34H23F9N2O. The van der Waals surface area contributed by atoms with Crippen molar-refractivity contribution in [3.8, 4) is 39.4 Å². The maximum absolute atomic E-state index is 15.2. The zero-order chi connectivity index (χ0) is 33.1. The molecule has 12 heteroatoms. The monoisotopic (exact) mass is 646 g/mol. The molecule has 5 rings (SSSR count). The van der Waals surface area contributed by atoms with E-state index in [1.54, 1.807) is 18.5 Å². The molecule has 0 unspecified atom stereocenters. The summed E-state index contributed by atoms with van der Waals surface area (Å²) in [5.41, 5.74) is 0.0883. The maximum atomic E-state index is 15.2. The first-order chi connectivity index (χ1) is 22.0. The van der Waals surface area contributed by atoms with Crippen LogP contribution in [-0.4, -0.2) is 9.97 Å². The Morgan fingerprint density at radius 1 is 0.565 bits per heavy atom. The first-order valence-electron chi connectivity index (χ1n) is 14.0. The molecule has 1 aromatic heterocycles. The van der Waals surface area contributed by atoms with Crippen molar-refractivity contribution >= 4 is 0 Å². The fourth-order valence-corrected chi connectivity index (χ4v) is 4.77. The molecule has 0 fully saturated rings. The third-order valence-electron chi connectivity index (χ3n) is 7.26. The Morgan fingerprint density at radius 2 is 1.07 bits per heavy atom. The van der Waals surface area contributed by atoms with E-state index in [0.717, 1.165) is 37.3 Å². The van der Waals surface area contributed by atoms with Crippen LogP contribution in [0.25, 0.3) is 33.6 Å². The van der Waals surface area contributed by atoms with Gasteiger partial charge in [-0.05, 0) is 53.8 Å². The number of halogens is 9. The highest BCUT2D eigenvalue weighted by Crippen LogP contribution is 2.34. The summed E-state index contributed by atoms with van der Waals surface area (Å²) in [5, 5.41) is 0. The molecule has 0 spiro atoms. The van der Waals surface area contributed by atoms with Gasteiger partial charge in [0.2, 0.25) is 29.1 Å². The van der Waals surface area contributed by atoms with Gasteiger partial charge in [-0.1, -0.05) is 44.0 Å². The fourth-order valence-electron chi connectivity index (χ4n) is 4.77. The van der Waals surface area contributed by atoms with Gasteiger partial charge >= 0.3 is 0 Å². The second-order valence-electron chi connectivity index (χ2n) is 10.4. The van der Waals surface area contributed by atoms with Crippen molar-refractivity contribution < 1.29 is 44.3 Å². The average Bonchev–Trinajstić information content (AvgIpc) is 3.04. The Kier molecular flexibility index (Phi) is 9.64. The van der Waals surface area contributed by atoms with Gasteiger partial charge in [-0.15, -0.1) is 0 Å². The normalized spacial score (nSPS) is 11.3. The van der Waals surface area contributed by atoms with Gasteiger partial charge in [-0.3, -0.25) is 0 Å². The topological polar surface area (TPSA) is 35.0 Å². The van der Waals surface area contributed by atoms with Crippen molar-refractivity contribution in [1.29, 1.82) is 0 Å². The third-order valence-corrected chi connectivity index (χ3v) is 7.26. The molecule has 0 N–H and O–H groups in total. The molecule has 238 valence electrons. The SMILES string of the molecule is CCCCCc1cnc(-c2ccc(-c3ccc(-c4cc(F)c(COc5c(F)c(F)c(F)c(F)c5F)c(F)c4)c(F)c3)c(F)c2)nc1. The molecule has 0 saturated heterocycles. The van der Waals surface area contributed by atoms with Gasteiger partial charge in [0.15, 0.2) is 11.6 Å². The Balaban J connectivity index is 1.34. The number of hydrogen-bond donors (Lipinski definition) is 0. The van der Waals surface area contributed by atoms with Crippen LogP contribution >= 0.6 is 0 Å². The summed E-state index contributed by atoms with van der Waals surface area (Å²) < 4.78 is 132. The molecule has 0 aliphatic rings. The van der Waals surface area contributed by atoms with E-state index in [1.807, 2.05) is 0 Å². The predicted octanol–water partition coefficient (Wildman–Crippen LogP) is 10.0. The minimum atomic E-state index is -2.43. The Labute approximate surface area is 257 Å². The lowest BCUT2D eigenvalue weighted by molar-refractivity contribution is 0.246. The van der Waals surface area contributed by atoms with Crippen LogP contribution in [0.2, 0.25) is 0 Å². The number of hydrogen-bond acceptors (Lipinski definition) is 3. The van der Waals surface area contributed by atoms with E-state index in [9.17, 15) is 30.7 Å². The minimum Gasteiger partial charge on any atom is -0.482 e. The van der Waals surface area contributed by atoms with Gasteiger partial charge in [-0.2, -0.15) is 8.78 Å². The van der Waals surface area contributed by atoms with Crippen molar-refractivity contribution in [2.24, 2.45) is 0 Å². The van der Waals surface area contributed by atoms with E-state index in [2.05, 4.69) is 21.6 Å². The zero-order valence-electron chi connectivity index (χ0n) is 24.0. The molecule has 0 saturated carbocycles. The van der Waals surface area contributed by atoms with E-state index < -0.39 is 70.3 Å². The average molecular weight is 647 g/mol. The number of benzene rings is 4. The number of ether oxygens (including phenoxy) is 1. The molecule has 1 heterocycles. The first-order valence-corrected chi connectivity index (χ1v) is 14.0. The van der Waals surface area contributed by atoms with Gasteiger partial charge in [0, 0.05) is 29.1 Å². The second-order valence-corrected chi connectivity index (χ2v) is 10.4. The maximum Gasteiger partial charge on any atom is 0.207 e. The van der Waals surface area contributed by atoms with Crippen LogP contribution in [-0.2, 0) is 13.0 Å². The van der Waals surface area contributed by atoms with Crippen LogP contribution < -0.4 is 4.74 Å². The van der Waals surface area contributed by atoms with Crippen molar-refractivity contribution in [2.45, 2.75) is 39.2 Å². The summed E-state index contributed by atoms with van der Waals surface area (Å²) in [7, 11) is 0. The first kappa shape index (κ1) is 32.5. The van der Waals surface area contributed by atoms with Crippen LogP contribution in [0.5, 0.6) is 5.75 Å². The molecule has 0 atom stereocenters. The van der Waals surface area contributed by atoms with Crippen LogP contribution in [0.1, 0.15) is 37.3 Å². The molecular weight excluding hydrogens is 623 g/mol. The molecule has 0 aliphatic heterocycles. The minimum absolute atomic E-state index is 0.0448. The van der Waals surface area contributed by atoms with Crippen LogP contribution in [0, 0.1) is 52.4 Å². The predicted molar refractivity (Wildman–Crippen MR) is 152 cm³/mol. The summed E-state index contributed by atoms with van der Waals surface area (Å²) in [6.07, 6.45) is 7.41. The van der Waals surface area contributed by atoms with Crippen molar-refractivity contribution in [1.82, 2.24) is 9.97 Å². The van der Waals surface area contributed by atoms with E-state index in [-0.39, 0.29) is 22.3 Å². The summed E-state index contributed by atoms with van der Waals surface area (Å²) in [6, 6.07) is 9.11. The molecule has 0 amide bonds. The van der Waals surface area contributed by atoms with Crippen molar-refractivity contribution in [2.75, 3.05) is 0 Å². The molecule has 5 aromatic rings. The van der Waals surface area contributed by atoms with Crippen LogP contribution in [0.3, 0.4) is 0 Å². The van der Waals surface area contributed by atoms with E-state index in [0.29, 0.717) is 23.5 Å². The standard InChI is InChI=1S/C34H23F9N2O/c1-2-3-4-5-17-14-44-34(45-15-17)19-7-9-21(25(36)11-19)18-6-8-22(24(35)10-18)20-12-26(37)23(27(38)13-20)16-46-33-31(42)29(40)28(39)30(41)32(33)43/h6-15H,2-5,16H2,1H3. The van der Waals surface area contributed by atoms with E-state index >= 15 is 8.78 Å². The van der Waals surface area contributed by atoms with Gasteiger partial charge in [0.25, 0.3) is 0 Å². The quantitative estimate of drug-likeness (QED) is 0.0656. The number of unbranched alkanes of at least 4 members (excludes halogenated alkanes) is 2. The smallest absolute Gasteiger partial charge is 0.207 e. The molecule has 4 aromatic carbocycles. The third kappa shape index (κ3) is 6.56. The van der Waals surface area contributed by atoms with Crippen molar-refractivity contribution in [3.05, 3.63) is 124 Å². The summed E-state index contributed by atoms with van der Waals surface area (Å²) in [6.45, 7) is 0.856. The highest BCUT2D eigenvalue weighted by atomic mass is 19.2. The number of aromatic nitrogens is 2. The van der Waals surface area contributed by atoms with Gasteiger partial charge in [-0.25, -0.2) is 40.7 Å². The molecule has 46 heavy (non-hydrogen) atoms. The van der Waals surface area contributed by atoms with Gasteiger partial charge < -0.3 is 4.74 Å². The number of rotatable bonds is 10. The largest absolute Gasteiger partial charge is 0.482 e. The molecule has 0 aliphatic carbocycles.